The number of aliphatic hydroxyl groups is 1. The average Bonchev–Trinajstić information content (AvgIpc) is 2.67. The summed E-state index contributed by atoms with van der Waals surface area (Å²) in [6.45, 7) is 5.58. The van der Waals surface area contributed by atoms with Crippen molar-refractivity contribution in [1.82, 2.24) is 5.32 Å². The van der Waals surface area contributed by atoms with Gasteiger partial charge in [-0.15, -0.1) is 0 Å². The smallest absolute Gasteiger partial charge is 0.119 e. The molecular formula is C21H29NO3S. The van der Waals surface area contributed by atoms with Crippen LogP contribution in [0.15, 0.2) is 48.1 Å². The Bertz CT molecular complexity index is 610. The summed E-state index contributed by atoms with van der Waals surface area (Å²) in [5.41, 5.74) is 2.34. The minimum atomic E-state index is 0.0635. The van der Waals surface area contributed by atoms with Gasteiger partial charge in [-0.1, -0.05) is 42.6 Å². The van der Waals surface area contributed by atoms with Crippen LogP contribution < -0.4 is 10.1 Å². The molecule has 0 saturated heterocycles. The number of thiocarbonyl (C=S) groups is 1. The van der Waals surface area contributed by atoms with E-state index in [0.29, 0.717) is 19.8 Å². The summed E-state index contributed by atoms with van der Waals surface area (Å²) in [7, 11) is 0. The van der Waals surface area contributed by atoms with Crippen molar-refractivity contribution in [3.63, 3.8) is 0 Å². The molecule has 0 spiro atoms. The Hall–Kier alpha value is -1.53. The maximum Gasteiger partial charge on any atom is 0.119 e. The van der Waals surface area contributed by atoms with Gasteiger partial charge in [0.15, 0.2) is 0 Å². The molecule has 0 bridgehead atoms. The highest BCUT2D eigenvalue weighted by Crippen LogP contribution is 2.18. The normalized spacial score (nSPS) is 15.0. The van der Waals surface area contributed by atoms with Gasteiger partial charge in [0, 0.05) is 30.4 Å². The molecule has 0 amide bonds. The van der Waals surface area contributed by atoms with Gasteiger partial charge in [0.25, 0.3) is 0 Å². The number of benzene rings is 1. The molecule has 0 aliphatic heterocycles. The van der Waals surface area contributed by atoms with E-state index in [4.69, 9.17) is 21.7 Å². The third-order valence-corrected chi connectivity index (χ3v) is 4.70. The molecule has 4 nitrogen and oxygen atoms in total. The Morgan fingerprint density at radius 2 is 2.04 bits per heavy atom. The highest BCUT2D eigenvalue weighted by molar-refractivity contribution is 7.80. The third-order valence-electron chi connectivity index (χ3n) is 4.30. The van der Waals surface area contributed by atoms with Crippen LogP contribution in [0.3, 0.4) is 0 Å². The van der Waals surface area contributed by atoms with Crippen molar-refractivity contribution in [1.29, 1.82) is 0 Å². The first-order chi connectivity index (χ1) is 12.7. The number of allylic oxidation sites excluding steroid dienone is 3. The largest absolute Gasteiger partial charge is 0.491 e. The van der Waals surface area contributed by atoms with Crippen LogP contribution >= 0.6 is 12.2 Å². The summed E-state index contributed by atoms with van der Waals surface area (Å²) in [6.07, 6.45) is 7.83. The number of aliphatic hydroxyl groups excluding tert-OH is 1. The predicted octanol–water partition coefficient (Wildman–Crippen LogP) is 3.10. The van der Waals surface area contributed by atoms with Gasteiger partial charge in [-0.25, -0.2) is 0 Å². The summed E-state index contributed by atoms with van der Waals surface area (Å²) in [5.74, 6) is 0.932. The summed E-state index contributed by atoms with van der Waals surface area (Å²) >= 11 is 5.40. The molecule has 0 saturated carbocycles. The zero-order valence-electron chi connectivity index (χ0n) is 15.4. The Kier molecular flexibility index (Phi) is 9.56. The fraction of sp³-hybridized carbons (Fsp3) is 0.476. The first-order valence-electron chi connectivity index (χ1n) is 9.25. The standard InChI is InChI=1S/C21H29NO3S/c1-2-24-13-14-25-19-9-7-17(8-10-19)11-12-22-15-18(16-23)20-5-3-4-6-21(20)26/h3-5,7-10,18,22-23H,2,6,11-16H2,1H3. The van der Waals surface area contributed by atoms with Crippen molar-refractivity contribution in [3.05, 3.63) is 53.6 Å². The molecule has 0 radical (unpaired) electrons. The lowest BCUT2D eigenvalue weighted by molar-refractivity contribution is 0.110. The molecule has 1 aliphatic rings. The Morgan fingerprint density at radius 3 is 2.73 bits per heavy atom. The molecule has 142 valence electrons. The van der Waals surface area contributed by atoms with Crippen molar-refractivity contribution >= 4 is 17.1 Å². The summed E-state index contributed by atoms with van der Waals surface area (Å²) in [6, 6.07) is 8.17. The van der Waals surface area contributed by atoms with Crippen molar-refractivity contribution in [3.8, 4) is 5.75 Å². The second kappa shape index (κ2) is 12.0. The van der Waals surface area contributed by atoms with Gasteiger partial charge >= 0.3 is 0 Å². The number of nitrogens with one attached hydrogen (secondary N) is 1. The molecule has 2 rings (SSSR count). The first-order valence-corrected chi connectivity index (χ1v) is 9.66. The quantitative estimate of drug-likeness (QED) is 0.434. The van der Waals surface area contributed by atoms with E-state index >= 15 is 0 Å². The molecule has 26 heavy (non-hydrogen) atoms. The first kappa shape index (κ1) is 20.8. The van der Waals surface area contributed by atoms with Gasteiger partial charge in [-0.3, -0.25) is 0 Å². The zero-order chi connectivity index (χ0) is 18.6. The van der Waals surface area contributed by atoms with E-state index in [2.05, 4.69) is 23.5 Å². The van der Waals surface area contributed by atoms with Crippen molar-refractivity contribution < 1.29 is 14.6 Å². The number of hydrogen-bond donors (Lipinski definition) is 2. The molecule has 1 aromatic rings. The highest BCUT2D eigenvalue weighted by atomic mass is 32.1. The van der Waals surface area contributed by atoms with Crippen molar-refractivity contribution in [2.75, 3.05) is 39.5 Å². The average molecular weight is 376 g/mol. The minimum absolute atomic E-state index is 0.0635. The molecule has 2 N–H and O–H groups in total. The molecule has 5 heteroatoms. The van der Waals surface area contributed by atoms with Gasteiger partial charge in [-0.05, 0) is 43.2 Å². The lowest BCUT2D eigenvalue weighted by Gasteiger charge is -2.20. The minimum Gasteiger partial charge on any atom is -0.491 e. The number of ether oxygens (including phenoxy) is 2. The van der Waals surface area contributed by atoms with Gasteiger partial charge in [0.1, 0.15) is 12.4 Å². The third kappa shape index (κ3) is 7.00. The fourth-order valence-electron chi connectivity index (χ4n) is 2.82. The Morgan fingerprint density at radius 1 is 1.23 bits per heavy atom. The fourth-order valence-corrected chi connectivity index (χ4v) is 3.15. The number of rotatable bonds is 12. The van der Waals surface area contributed by atoms with Crippen LogP contribution in [0, 0.1) is 5.92 Å². The van der Waals surface area contributed by atoms with Crippen LogP contribution in [0.1, 0.15) is 18.9 Å². The molecule has 0 heterocycles. The maximum atomic E-state index is 9.66. The van der Waals surface area contributed by atoms with E-state index < -0.39 is 0 Å². The molecular weight excluding hydrogens is 346 g/mol. The highest BCUT2D eigenvalue weighted by Gasteiger charge is 2.17. The maximum absolute atomic E-state index is 9.66. The summed E-state index contributed by atoms with van der Waals surface area (Å²) < 4.78 is 10.9. The van der Waals surface area contributed by atoms with Crippen LogP contribution in [0.4, 0.5) is 0 Å². The van der Waals surface area contributed by atoms with Crippen LogP contribution in [0.2, 0.25) is 0 Å². The second-order valence-corrected chi connectivity index (χ2v) is 6.69. The molecule has 0 fully saturated rings. The van der Waals surface area contributed by atoms with E-state index in [9.17, 15) is 5.11 Å². The predicted molar refractivity (Wildman–Crippen MR) is 110 cm³/mol. The van der Waals surface area contributed by atoms with E-state index in [-0.39, 0.29) is 12.5 Å². The van der Waals surface area contributed by atoms with E-state index in [1.165, 1.54) is 5.56 Å². The lowest BCUT2D eigenvalue weighted by atomic mass is 9.92. The van der Waals surface area contributed by atoms with E-state index in [1.807, 2.05) is 31.2 Å². The molecule has 1 aliphatic carbocycles. The molecule has 1 aromatic carbocycles. The van der Waals surface area contributed by atoms with Crippen LogP contribution in [-0.2, 0) is 11.2 Å². The second-order valence-electron chi connectivity index (χ2n) is 6.20. The van der Waals surface area contributed by atoms with Crippen molar-refractivity contribution in [2.45, 2.75) is 19.8 Å². The van der Waals surface area contributed by atoms with Gasteiger partial charge in [0.2, 0.25) is 0 Å². The SMILES string of the molecule is CCOCCOc1ccc(CCNCC(CO)C2=CC=CCC2=S)cc1. The van der Waals surface area contributed by atoms with Crippen LogP contribution in [0.5, 0.6) is 5.75 Å². The molecule has 1 unspecified atom stereocenters. The molecule has 1 atom stereocenters. The monoisotopic (exact) mass is 375 g/mol. The Labute approximate surface area is 161 Å². The van der Waals surface area contributed by atoms with E-state index in [1.54, 1.807) is 0 Å². The van der Waals surface area contributed by atoms with Gasteiger partial charge in [-0.2, -0.15) is 0 Å². The van der Waals surface area contributed by atoms with Crippen LogP contribution in [-0.4, -0.2) is 49.5 Å². The van der Waals surface area contributed by atoms with Gasteiger partial charge < -0.3 is 19.9 Å². The number of hydrogen-bond acceptors (Lipinski definition) is 5. The molecule has 0 aromatic heterocycles. The topological polar surface area (TPSA) is 50.7 Å². The van der Waals surface area contributed by atoms with Crippen LogP contribution in [0.25, 0.3) is 0 Å². The summed E-state index contributed by atoms with van der Waals surface area (Å²) in [5, 5.41) is 13.1. The zero-order valence-corrected chi connectivity index (χ0v) is 16.3. The summed E-state index contributed by atoms with van der Waals surface area (Å²) in [4.78, 5) is 0.938. The lowest BCUT2D eigenvalue weighted by Crippen LogP contribution is -2.30. The van der Waals surface area contributed by atoms with E-state index in [0.717, 1.165) is 42.1 Å². The van der Waals surface area contributed by atoms with Gasteiger partial charge in [0.05, 0.1) is 13.2 Å². The van der Waals surface area contributed by atoms with Crippen molar-refractivity contribution in [2.24, 2.45) is 5.92 Å². The Balaban J connectivity index is 1.69.